The Kier molecular flexibility index (Phi) is 6.29. The Labute approximate surface area is 205 Å². The molecule has 33 heavy (non-hydrogen) atoms. The molecular weight excluding hydrogens is 455 g/mol. The van der Waals surface area contributed by atoms with Gasteiger partial charge in [-0.2, -0.15) is 5.10 Å². The molecule has 1 unspecified atom stereocenters. The van der Waals surface area contributed by atoms with Crippen molar-refractivity contribution in [3.05, 3.63) is 53.1 Å². The fraction of sp³-hybridized carbons (Fsp3) is 0.480. The molecule has 1 aromatic heterocycles. The Hall–Kier alpha value is -1.51. The van der Waals surface area contributed by atoms with Gasteiger partial charge in [0.25, 0.3) is 0 Å². The molecule has 5 nitrogen and oxygen atoms in total. The highest BCUT2D eigenvalue weighted by molar-refractivity contribution is 7.98. The number of nitrogens with zero attached hydrogens (tertiary/aromatic N) is 2. The SMILES string of the molecule is CC1(C)OB(c2nn(C3CCCCO3)c3c(Cl)cc(SCc4ccccc4)cc23)OC1(C)C. The van der Waals surface area contributed by atoms with Crippen LogP contribution < -0.4 is 5.59 Å². The van der Waals surface area contributed by atoms with Gasteiger partial charge in [-0.1, -0.05) is 41.9 Å². The second-order valence-electron chi connectivity index (χ2n) is 9.81. The lowest BCUT2D eigenvalue weighted by Gasteiger charge is -2.32. The van der Waals surface area contributed by atoms with Crippen LogP contribution in [0.5, 0.6) is 0 Å². The molecule has 3 aromatic rings. The van der Waals surface area contributed by atoms with E-state index in [0.717, 1.165) is 53.0 Å². The number of hydrogen-bond acceptors (Lipinski definition) is 5. The molecule has 5 rings (SSSR count). The van der Waals surface area contributed by atoms with Crippen LogP contribution in [0.3, 0.4) is 0 Å². The molecule has 0 aliphatic carbocycles. The van der Waals surface area contributed by atoms with Crippen molar-refractivity contribution in [3.63, 3.8) is 0 Å². The summed E-state index contributed by atoms with van der Waals surface area (Å²) in [5.41, 5.74) is 2.03. The molecule has 2 aromatic carbocycles. The normalized spacial score (nSPS) is 22.2. The first-order chi connectivity index (χ1) is 15.7. The van der Waals surface area contributed by atoms with Crippen molar-refractivity contribution in [2.24, 2.45) is 0 Å². The first-order valence-corrected chi connectivity index (χ1v) is 13.0. The van der Waals surface area contributed by atoms with E-state index in [1.165, 1.54) is 5.56 Å². The van der Waals surface area contributed by atoms with Crippen molar-refractivity contribution in [3.8, 4) is 0 Å². The number of rotatable bonds is 5. The van der Waals surface area contributed by atoms with E-state index in [9.17, 15) is 0 Å². The van der Waals surface area contributed by atoms with E-state index < -0.39 is 18.3 Å². The Morgan fingerprint density at radius 2 is 1.82 bits per heavy atom. The van der Waals surface area contributed by atoms with E-state index in [0.29, 0.717) is 5.02 Å². The van der Waals surface area contributed by atoms with Crippen LogP contribution in [0.4, 0.5) is 0 Å². The predicted octanol–water partition coefficient (Wildman–Crippen LogP) is 5.98. The predicted molar refractivity (Wildman–Crippen MR) is 135 cm³/mol. The zero-order valence-electron chi connectivity index (χ0n) is 19.6. The Morgan fingerprint density at radius 3 is 2.48 bits per heavy atom. The van der Waals surface area contributed by atoms with E-state index in [4.69, 9.17) is 30.7 Å². The summed E-state index contributed by atoms with van der Waals surface area (Å²) < 4.78 is 20.8. The summed E-state index contributed by atoms with van der Waals surface area (Å²) in [4.78, 5) is 1.10. The molecular formula is C25H30BClN2O3S. The molecule has 0 N–H and O–H groups in total. The van der Waals surface area contributed by atoms with Crippen LogP contribution in [0.1, 0.15) is 58.7 Å². The monoisotopic (exact) mass is 484 g/mol. The number of benzene rings is 2. The maximum atomic E-state index is 6.89. The zero-order valence-corrected chi connectivity index (χ0v) is 21.2. The number of halogens is 1. The van der Waals surface area contributed by atoms with E-state index in [1.54, 1.807) is 11.8 Å². The van der Waals surface area contributed by atoms with Crippen molar-refractivity contribution in [1.29, 1.82) is 0 Å². The molecule has 174 valence electrons. The van der Waals surface area contributed by atoms with Gasteiger partial charge in [0.2, 0.25) is 0 Å². The van der Waals surface area contributed by atoms with Gasteiger partial charge in [-0.05, 0) is 64.7 Å². The highest BCUT2D eigenvalue weighted by Gasteiger charge is 2.53. The molecule has 3 heterocycles. The minimum atomic E-state index is -0.562. The summed E-state index contributed by atoms with van der Waals surface area (Å²) >= 11 is 8.65. The smallest absolute Gasteiger partial charge is 0.398 e. The summed E-state index contributed by atoms with van der Waals surface area (Å²) in [7, 11) is -0.562. The molecule has 0 amide bonds. The van der Waals surface area contributed by atoms with Gasteiger partial charge in [0, 0.05) is 22.6 Å². The first-order valence-electron chi connectivity index (χ1n) is 11.6. The molecule has 2 aliphatic heterocycles. The molecule has 2 fully saturated rings. The van der Waals surface area contributed by atoms with E-state index in [2.05, 4.69) is 58.0 Å². The van der Waals surface area contributed by atoms with Crippen molar-refractivity contribution in [2.75, 3.05) is 6.61 Å². The zero-order chi connectivity index (χ0) is 23.2. The lowest BCUT2D eigenvalue weighted by Crippen LogP contribution is -2.41. The lowest BCUT2D eigenvalue weighted by atomic mass is 9.82. The van der Waals surface area contributed by atoms with Crippen LogP contribution in [0.15, 0.2) is 47.4 Å². The van der Waals surface area contributed by atoms with Crippen molar-refractivity contribution >= 4 is 47.0 Å². The van der Waals surface area contributed by atoms with Crippen LogP contribution in [-0.2, 0) is 19.8 Å². The van der Waals surface area contributed by atoms with E-state index >= 15 is 0 Å². The van der Waals surface area contributed by atoms with Crippen LogP contribution in [-0.4, -0.2) is 34.7 Å². The molecule has 0 saturated carbocycles. The van der Waals surface area contributed by atoms with Gasteiger partial charge in [-0.25, -0.2) is 4.68 Å². The van der Waals surface area contributed by atoms with Gasteiger partial charge in [0.05, 0.1) is 21.7 Å². The number of thioether (sulfide) groups is 1. The molecule has 0 spiro atoms. The van der Waals surface area contributed by atoms with Crippen molar-refractivity contribution < 1.29 is 14.0 Å². The third kappa shape index (κ3) is 4.46. The second kappa shape index (κ2) is 8.93. The summed E-state index contributed by atoms with van der Waals surface area (Å²) in [5, 5.41) is 6.63. The molecule has 0 radical (unpaired) electrons. The highest BCUT2D eigenvalue weighted by atomic mass is 35.5. The largest absolute Gasteiger partial charge is 0.517 e. The Morgan fingerprint density at radius 1 is 1.09 bits per heavy atom. The average molecular weight is 485 g/mol. The average Bonchev–Trinajstić information content (AvgIpc) is 3.28. The topological polar surface area (TPSA) is 45.5 Å². The molecule has 1 atom stereocenters. The number of fused-ring (bicyclic) bond motifs is 1. The highest BCUT2D eigenvalue weighted by Crippen LogP contribution is 2.39. The standard InChI is InChI=1S/C25H30BClN2O3S/c1-24(2)25(3,4)32-26(31-24)23-19-14-18(33-16-17-10-6-5-7-11-17)15-20(27)22(19)29(28-23)21-12-8-9-13-30-21/h5-7,10-11,14-15,21H,8-9,12-13,16H2,1-4H3. The van der Waals surface area contributed by atoms with Gasteiger partial charge >= 0.3 is 7.12 Å². The van der Waals surface area contributed by atoms with Crippen molar-refractivity contribution in [1.82, 2.24) is 9.78 Å². The summed E-state index contributed by atoms with van der Waals surface area (Å²) in [6.07, 6.45) is 2.98. The quantitative estimate of drug-likeness (QED) is 0.329. The minimum absolute atomic E-state index is 0.127. The van der Waals surface area contributed by atoms with Crippen LogP contribution in [0.25, 0.3) is 10.9 Å². The molecule has 2 saturated heterocycles. The van der Waals surface area contributed by atoms with Gasteiger partial charge in [-0.15, -0.1) is 11.8 Å². The second-order valence-corrected chi connectivity index (χ2v) is 11.3. The third-order valence-corrected chi connectivity index (χ3v) is 8.25. The molecule has 0 bridgehead atoms. The Bertz CT molecular complexity index is 1130. The molecule has 2 aliphatic rings. The lowest BCUT2D eigenvalue weighted by molar-refractivity contribution is -0.0364. The maximum absolute atomic E-state index is 6.89. The van der Waals surface area contributed by atoms with Gasteiger partial charge in [0.1, 0.15) is 5.59 Å². The van der Waals surface area contributed by atoms with E-state index in [-0.39, 0.29) is 6.23 Å². The number of hydrogen-bond donors (Lipinski definition) is 0. The van der Waals surface area contributed by atoms with Crippen molar-refractivity contribution in [2.45, 2.75) is 75.0 Å². The van der Waals surface area contributed by atoms with E-state index in [1.807, 2.05) is 16.8 Å². The summed E-state index contributed by atoms with van der Waals surface area (Å²) in [5.74, 6) is 0.869. The minimum Gasteiger partial charge on any atom is -0.398 e. The first kappa shape index (κ1) is 23.2. The fourth-order valence-electron chi connectivity index (χ4n) is 4.30. The van der Waals surface area contributed by atoms with Crippen LogP contribution in [0, 0.1) is 0 Å². The van der Waals surface area contributed by atoms with Gasteiger partial charge < -0.3 is 14.0 Å². The van der Waals surface area contributed by atoms with Gasteiger partial charge in [-0.3, -0.25) is 0 Å². The third-order valence-electron chi connectivity index (χ3n) is 6.91. The fourth-order valence-corrected chi connectivity index (χ4v) is 5.60. The number of ether oxygens (including phenoxy) is 1. The number of aromatic nitrogens is 2. The van der Waals surface area contributed by atoms with Gasteiger partial charge in [0.15, 0.2) is 6.23 Å². The Balaban J connectivity index is 1.56. The van der Waals surface area contributed by atoms with Crippen LogP contribution >= 0.6 is 23.4 Å². The maximum Gasteiger partial charge on any atom is 0.517 e. The summed E-state index contributed by atoms with van der Waals surface area (Å²) in [6, 6.07) is 14.7. The summed E-state index contributed by atoms with van der Waals surface area (Å²) in [6.45, 7) is 8.98. The van der Waals surface area contributed by atoms with Crippen LogP contribution in [0.2, 0.25) is 5.02 Å². The molecule has 8 heteroatoms.